The number of halogens is 2. The van der Waals surface area contributed by atoms with Crippen molar-refractivity contribution in [2.75, 3.05) is 11.9 Å². The number of hydrogen-bond acceptors (Lipinski definition) is 6. The summed E-state index contributed by atoms with van der Waals surface area (Å²) in [6.45, 7) is 1.24. The van der Waals surface area contributed by atoms with Crippen LogP contribution in [0.5, 0.6) is 5.75 Å². The quantitative estimate of drug-likeness (QED) is 0.646. The van der Waals surface area contributed by atoms with Gasteiger partial charge >= 0.3 is 0 Å². The minimum Gasteiger partial charge on any atom is -0.488 e. The maximum Gasteiger partial charge on any atom is 0.276 e. The molecule has 0 fully saturated rings. The van der Waals surface area contributed by atoms with Gasteiger partial charge in [0.15, 0.2) is 11.4 Å². The Morgan fingerprint density at radius 1 is 1.48 bits per heavy atom. The maximum absolute atomic E-state index is 12.9. The molecule has 0 bridgehead atoms. The van der Waals surface area contributed by atoms with Crippen molar-refractivity contribution in [1.82, 2.24) is 9.29 Å². The Balaban J connectivity index is 1.95. The molecule has 3 N–H and O–H groups in total. The van der Waals surface area contributed by atoms with E-state index in [1.54, 1.807) is 19.1 Å². The molecule has 2 heterocycles. The van der Waals surface area contributed by atoms with Crippen LogP contribution in [0.4, 0.5) is 14.5 Å². The van der Waals surface area contributed by atoms with E-state index in [0.29, 0.717) is 11.3 Å². The lowest BCUT2D eigenvalue weighted by Crippen LogP contribution is -2.44. The summed E-state index contributed by atoms with van der Waals surface area (Å²) in [7, 11) is -2.85. The number of hydrogen-bond donors (Lipinski definition) is 3. The van der Waals surface area contributed by atoms with Gasteiger partial charge in [-0.3, -0.25) is 4.79 Å². The molecule has 0 saturated heterocycles. The zero-order chi connectivity index (χ0) is 22.9. The highest BCUT2D eigenvalue weighted by molar-refractivity contribution is 7.89. The number of sulfonamides is 1. The van der Waals surface area contributed by atoms with Gasteiger partial charge in [-0.1, -0.05) is 6.07 Å². The summed E-state index contributed by atoms with van der Waals surface area (Å²) in [4.78, 5) is 12.5. The number of nitrogens with one attached hydrogen (secondary N) is 2. The number of ether oxygens (including phenoxy) is 1. The van der Waals surface area contributed by atoms with Crippen LogP contribution in [-0.2, 0) is 17.1 Å². The van der Waals surface area contributed by atoms with E-state index in [1.165, 1.54) is 17.7 Å². The van der Waals surface area contributed by atoms with E-state index < -0.39 is 40.8 Å². The average molecular weight is 452 g/mol. The van der Waals surface area contributed by atoms with Crippen LogP contribution in [0.25, 0.3) is 0 Å². The van der Waals surface area contributed by atoms with Gasteiger partial charge < -0.3 is 19.7 Å². The van der Waals surface area contributed by atoms with Crippen LogP contribution in [0.2, 0.25) is 0 Å². The number of aliphatic hydroxyl groups excluding tert-OH is 1. The van der Waals surface area contributed by atoms with Gasteiger partial charge in [0.25, 0.3) is 12.0 Å². The number of carbonyl (C=O) groups excluding carboxylic acids is 1. The fourth-order valence-electron chi connectivity index (χ4n) is 3.06. The van der Waals surface area contributed by atoms with Crippen molar-refractivity contribution in [2.45, 2.75) is 24.0 Å². The number of amides is 1. The van der Waals surface area contributed by atoms with Gasteiger partial charge in [0, 0.05) is 25.0 Å². The molecule has 0 radical (unpaired) electrons. The Hall–Kier alpha value is -3.27. The summed E-state index contributed by atoms with van der Waals surface area (Å²) in [5.74, 6) is -0.986. The first-order chi connectivity index (χ1) is 14.5. The first kappa shape index (κ1) is 22.4. The molecule has 9 nitrogen and oxygen atoms in total. The molecular formula is C19H18F2N4O5S. The molecule has 0 spiro atoms. The molecule has 31 heavy (non-hydrogen) atoms. The molecule has 12 heteroatoms. The number of aromatic nitrogens is 1. The normalized spacial score (nSPS) is 18.0. The van der Waals surface area contributed by atoms with Crippen molar-refractivity contribution < 1.29 is 31.8 Å². The molecule has 0 saturated carbocycles. The van der Waals surface area contributed by atoms with Crippen molar-refractivity contribution in [3.8, 4) is 11.8 Å². The van der Waals surface area contributed by atoms with E-state index in [2.05, 4.69) is 10.0 Å². The summed E-state index contributed by atoms with van der Waals surface area (Å²) in [5, 5.41) is 21.6. The third-order valence-corrected chi connectivity index (χ3v) is 6.13. The number of fused-ring (bicyclic) bond motifs is 1. The van der Waals surface area contributed by atoms with Crippen molar-refractivity contribution >= 4 is 21.6 Å². The number of nitrogens with zero attached hydrogens (tertiary/aromatic N) is 2. The second-order valence-corrected chi connectivity index (χ2v) is 8.55. The maximum atomic E-state index is 12.9. The SMILES string of the molecule is Cc1ccc(NC(=O)c2c3c(cn2C)S(=O)(=O)N[C@H]([C@@H](O)C=C(F)F)CO3)cc1C#N. The number of anilines is 1. The Morgan fingerprint density at radius 2 is 2.19 bits per heavy atom. The lowest BCUT2D eigenvalue weighted by atomic mass is 10.1. The zero-order valence-corrected chi connectivity index (χ0v) is 17.2. The number of nitriles is 1. The molecule has 1 aromatic carbocycles. The van der Waals surface area contributed by atoms with E-state index in [0.717, 1.165) is 11.8 Å². The minimum absolute atomic E-state index is 0.137. The Labute approximate surface area is 176 Å². The fraction of sp³-hybridized carbons (Fsp3) is 0.263. The van der Waals surface area contributed by atoms with E-state index in [4.69, 9.17) is 10.00 Å². The highest BCUT2D eigenvalue weighted by Gasteiger charge is 2.36. The van der Waals surface area contributed by atoms with Crippen LogP contribution in [0, 0.1) is 18.3 Å². The molecule has 1 aliphatic rings. The number of carbonyl (C=O) groups is 1. The highest BCUT2D eigenvalue weighted by atomic mass is 32.2. The van der Waals surface area contributed by atoms with Crippen LogP contribution in [0.15, 0.2) is 41.4 Å². The molecule has 2 aromatic rings. The van der Waals surface area contributed by atoms with Gasteiger partial charge in [-0.05, 0) is 24.6 Å². The lowest BCUT2D eigenvalue weighted by molar-refractivity contribution is 0.101. The van der Waals surface area contributed by atoms with E-state index in [1.807, 2.05) is 6.07 Å². The van der Waals surface area contributed by atoms with Gasteiger partial charge in [-0.2, -0.15) is 14.0 Å². The van der Waals surface area contributed by atoms with Crippen molar-refractivity contribution in [2.24, 2.45) is 7.05 Å². The van der Waals surface area contributed by atoms with E-state index in [9.17, 15) is 27.1 Å². The monoisotopic (exact) mass is 452 g/mol. The first-order valence-electron chi connectivity index (χ1n) is 8.91. The molecule has 3 rings (SSSR count). The third-order valence-electron chi connectivity index (χ3n) is 4.65. The Morgan fingerprint density at radius 3 is 2.84 bits per heavy atom. The standard InChI is InChI=1S/C19H18F2N4O5S/c1-10-3-4-12(5-11(10)7-22)23-19(27)17-18-15(8-25(17)2)31(28,29)24-13(9-30-18)14(26)6-16(20)21/h3-6,8,13-14,24,26H,9H2,1-2H3,(H,23,27)/t13-,14-/m0/s1. The zero-order valence-electron chi connectivity index (χ0n) is 16.4. The van der Waals surface area contributed by atoms with Gasteiger partial charge in [0.2, 0.25) is 10.0 Å². The van der Waals surface area contributed by atoms with Crippen LogP contribution >= 0.6 is 0 Å². The minimum atomic E-state index is -4.29. The summed E-state index contributed by atoms with van der Waals surface area (Å²) in [5.41, 5.74) is 1.25. The molecule has 2 atom stereocenters. The number of aryl methyl sites for hydroxylation is 2. The molecule has 164 valence electrons. The second kappa shape index (κ2) is 8.46. The third kappa shape index (κ3) is 4.58. The van der Waals surface area contributed by atoms with Crippen LogP contribution in [0.3, 0.4) is 0 Å². The van der Waals surface area contributed by atoms with Crippen LogP contribution in [0.1, 0.15) is 21.6 Å². The van der Waals surface area contributed by atoms with Crippen molar-refractivity contribution in [3.63, 3.8) is 0 Å². The molecule has 1 aromatic heterocycles. The average Bonchev–Trinajstić information content (AvgIpc) is 2.96. The summed E-state index contributed by atoms with van der Waals surface area (Å²) in [6.07, 6.45) is -2.68. The van der Waals surface area contributed by atoms with Crippen LogP contribution in [-0.4, -0.2) is 42.8 Å². The molecular weight excluding hydrogens is 434 g/mol. The molecule has 0 unspecified atom stereocenters. The number of aliphatic hydroxyl groups is 1. The summed E-state index contributed by atoms with van der Waals surface area (Å²) >= 11 is 0. The fourth-order valence-corrected chi connectivity index (χ4v) is 4.49. The summed E-state index contributed by atoms with van der Waals surface area (Å²) < 4.78 is 59.1. The molecule has 1 amide bonds. The van der Waals surface area contributed by atoms with Gasteiger partial charge in [-0.15, -0.1) is 0 Å². The second-order valence-electron chi connectivity index (χ2n) is 6.86. The topological polar surface area (TPSA) is 133 Å². The lowest BCUT2D eigenvalue weighted by Gasteiger charge is -2.18. The Bertz CT molecular complexity index is 1210. The van der Waals surface area contributed by atoms with Gasteiger partial charge in [0.1, 0.15) is 11.5 Å². The molecule has 0 aliphatic carbocycles. The molecule has 1 aliphatic heterocycles. The van der Waals surface area contributed by atoms with Crippen molar-refractivity contribution in [3.05, 3.63) is 53.4 Å². The van der Waals surface area contributed by atoms with E-state index in [-0.39, 0.29) is 22.4 Å². The van der Waals surface area contributed by atoms with Crippen molar-refractivity contribution in [1.29, 1.82) is 5.26 Å². The van der Waals surface area contributed by atoms with E-state index >= 15 is 0 Å². The Kier molecular flexibility index (Phi) is 6.12. The van der Waals surface area contributed by atoms with Gasteiger partial charge in [-0.25, -0.2) is 13.1 Å². The van der Waals surface area contributed by atoms with Crippen LogP contribution < -0.4 is 14.8 Å². The number of benzene rings is 1. The smallest absolute Gasteiger partial charge is 0.276 e. The first-order valence-corrected chi connectivity index (χ1v) is 10.4. The van der Waals surface area contributed by atoms with Gasteiger partial charge in [0.05, 0.1) is 23.8 Å². The summed E-state index contributed by atoms with van der Waals surface area (Å²) in [6, 6.07) is 5.31. The highest BCUT2D eigenvalue weighted by Crippen LogP contribution is 2.33. The number of rotatable bonds is 4. The largest absolute Gasteiger partial charge is 0.488 e. The predicted octanol–water partition coefficient (Wildman–Crippen LogP) is 1.64. The predicted molar refractivity (Wildman–Crippen MR) is 105 cm³/mol.